The van der Waals surface area contributed by atoms with Crippen molar-refractivity contribution >= 4 is 27.2 Å². The lowest BCUT2D eigenvalue weighted by atomic mass is 9.97. The average Bonchev–Trinajstić information content (AvgIpc) is 3.08. The van der Waals surface area contributed by atoms with Gasteiger partial charge in [0, 0.05) is 13.2 Å². The number of aromatic nitrogens is 1. The monoisotopic (exact) mass is 370 g/mol. The molecule has 0 radical (unpaired) electrons. The number of sulfone groups is 1. The molecular formula is C16H22N2O6S. The van der Waals surface area contributed by atoms with Crippen LogP contribution in [0.25, 0.3) is 5.57 Å². The molecule has 0 aromatic carbocycles. The van der Waals surface area contributed by atoms with Gasteiger partial charge in [-0.25, -0.2) is 8.42 Å². The van der Waals surface area contributed by atoms with Gasteiger partial charge >= 0.3 is 0 Å². The van der Waals surface area contributed by atoms with Crippen molar-refractivity contribution in [1.29, 1.82) is 0 Å². The molecule has 2 N–H and O–H groups in total. The van der Waals surface area contributed by atoms with E-state index in [9.17, 15) is 13.2 Å². The van der Waals surface area contributed by atoms with Crippen molar-refractivity contribution in [2.24, 2.45) is 0 Å². The minimum Gasteiger partial charge on any atom is -0.392 e. The molecule has 1 amide bonds. The Bertz CT molecular complexity index is 759. The van der Waals surface area contributed by atoms with Gasteiger partial charge in [-0.3, -0.25) is 10.1 Å². The van der Waals surface area contributed by atoms with Crippen LogP contribution in [0.4, 0.5) is 5.88 Å². The fourth-order valence-corrected chi connectivity index (χ4v) is 4.28. The summed E-state index contributed by atoms with van der Waals surface area (Å²) in [5.74, 6) is -0.916. The smallest absolute Gasteiger partial charge is 0.268 e. The van der Waals surface area contributed by atoms with E-state index < -0.39 is 25.9 Å². The highest BCUT2D eigenvalue weighted by Gasteiger charge is 2.35. The molecule has 0 aliphatic heterocycles. The van der Waals surface area contributed by atoms with Crippen LogP contribution >= 0.6 is 0 Å². The second-order valence-electron chi connectivity index (χ2n) is 5.89. The summed E-state index contributed by atoms with van der Waals surface area (Å²) in [5.41, 5.74) is 0.578. The van der Waals surface area contributed by atoms with Gasteiger partial charge in [-0.05, 0) is 31.3 Å². The number of anilines is 1. The van der Waals surface area contributed by atoms with Crippen molar-refractivity contribution < 1.29 is 27.6 Å². The number of carbonyl (C=O) groups excluding carboxylic acids is 1. The van der Waals surface area contributed by atoms with E-state index in [-0.39, 0.29) is 24.3 Å². The number of aliphatic hydroxyl groups is 1. The zero-order valence-electron chi connectivity index (χ0n) is 14.0. The molecule has 0 unspecified atom stereocenters. The molecule has 1 aromatic heterocycles. The van der Waals surface area contributed by atoms with Crippen molar-refractivity contribution in [1.82, 2.24) is 5.16 Å². The number of hydrogen-bond acceptors (Lipinski definition) is 7. The van der Waals surface area contributed by atoms with Crippen LogP contribution in [-0.4, -0.2) is 49.7 Å². The normalized spacial score (nSPS) is 20.9. The lowest BCUT2D eigenvalue weighted by molar-refractivity contribution is -0.112. The molecule has 1 heterocycles. The molecule has 138 valence electrons. The third kappa shape index (κ3) is 4.36. The Morgan fingerprint density at radius 2 is 2.04 bits per heavy atom. The molecule has 0 spiro atoms. The van der Waals surface area contributed by atoms with Gasteiger partial charge < -0.3 is 14.4 Å². The zero-order chi connectivity index (χ0) is 18.6. The maximum absolute atomic E-state index is 12.6. The van der Waals surface area contributed by atoms with E-state index in [0.717, 1.165) is 0 Å². The van der Waals surface area contributed by atoms with Gasteiger partial charge in [-0.2, -0.15) is 0 Å². The van der Waals surface area contributed by atoms with Crippen LogP contribution in [0.1, 0.15) is 31.4 Å². The molecule has 2 rings (SSSR count). The first-order chi connectivity index (χ1) is 11.8. The molecule has 1 aliphatic rings. The summed E-state index contributed by atoms with van der Waals surface area (Å²) in [6.07, 6.45) is 2.17. The van der Waals surface area contributed by atoms with Gasteiger partial charge in [0.25, 0.3) is 5.91 Å². The van der Waals surface area contributed by atoms with Crippen LogP contribution in [0.15, 0.2) is 28.7 Å². The number of carbonyl (C=O) groups is 1. The molecule has 9 heteroatoms. The summed E-state index contributed by atoms with van der Waals surface area (Å²) in [7, 11) is -2.21. The molecular weight excluding hydrogens is 348 g/mol. The molecule has 1 aromatic rings. The van der Waals surface area contributed by atoms with Gasteiger partial charge in [0.15, 0.2) is 9.84 Å². The van der Waals surface area contributed by atoms with Gasteiger partial charge in [0.1, 0.15) is 10.6 Å². The van der Waals surface area contributed by atoms with Crippen molar-refractivity contribution in [3.8, 4) is 0 Å². The number of ether oxygens (including phenoxy) is 1. The number of methoxy groups -OCH3 is 1. The van der Waals surface area contributed by atoms with Gasteiger partial charge in [-0.1, -0.05) is 18.3 Å². The zero-order valence-corrected chi connectivity index (χ0v) is 14.8. The number of rotatable bonds is 7. The predicted molar refractivity (Wildman–Crippen MR) is 92.4 cm³/mol. The van der Waals surface area contributed by atoms with Gasteiger partial charge in [0.05, 0.1) is 18.0 Å². The molecule has 0 atom stereocenters. The Kier molecular flexibility index (Phi) is 6.15. The third-order valence-corrected chi connectivity index (χ3v) is 6.51. The summed E-state index contributed by atoms with van der Waals surface area (Å²) >= 11 is 0. The van der Waals surface area contributed by atoms with E-state index in [0.29, 0.717) is 31.3 Å². The van der Waals surface area contributed by atoms with E-state index in [2.05, 4.69) is 23.6 Å². The summed E-state index contributed by atoms with van der Waals surface area (Å²) in [4.78, 5) is 11.7. The Morgan fingerprint density at radius 3 is 2.60 bits per heavy atom. The van der Waals surface area contributed by atoms with E-state index in [1.165, 1.54) is 6.07 Å². The van der Waals surface area contributed by atoms with E-state index in [4.69, 9.17) is 14.4 Å². The maximum Gasteiger partial charge on any atom is 0.268 e. The molecule has 1 fully saturated rings. The summed E-state index contributed by atoms with van der Waals surface area (Å²) in [5, 5.41) is 14.3. The summed E-state index contributed by atoms with van der Waals surface area (Å²) in [6, 6.07) is 1.35. The first kappa shape index (κ1) is 19.4. The lowest BCUT2D eigenvalue weighted by Crippen LogP contribution is -2.33. The number of aliphatic hydroxyl groups excluding tert-OH is 1. The highest BCUT2D eigenvalue weighted by molar-refractivity contribution is 7.96. The van der Waals surface area contributed by atoms with Gasteiger partial charge in [-0.15, -0.1) is 0 Å². The molecule has 8 nitrogen and oxygen atoms in total. The van der Waals surface area contributed by atoms with Crippen LogP contribution in [0.5, 0.6) is 0 Å². The van der Waals surface area contributed by atoms with Crippen LogP contribution < -0.4 is 5.32 Å². The van der Waals surface area contributed by atoms with Crippen molar-refractivity contribution in [2.45, 2.75) is 37.0 Å². The van der Waals surface area contributed by atoms with E-state index >= 15 is 0 Å². The van der Waals surface area contributed by atoms with Crippen molar-refractivity contribution in [3.63, 3.8) is 0 Å². The highest BCUT2D eigenvalue weighted by atomic mass is 32.2. The van der Waals surface area contributed by atoms with E-state index in [1.807, 2.05) is 0 Å². The highest BCUT2D eigenvalue weighted by Crippen LogP contribution is 2.29. The minimum atomic E-state index is -3.81. The fraction of sp³-hybridized carbons (Fsp3) is 0.500. The third-order valence-electron chi connectivity index (χ3n) is 4.29. The van der Waals surface area contributed by atoms with Crippen LogP contribution in [0.2, 0.25) is 0 Å². The predicted octanol–water partition coefficient (Wildman–Crippen LogP) is 1.50. The molecule has 25 heavy (non-hydrogen) atoms. The maximum atomic E-state index is 12.6. The number of amides is 1. The van der Waals surface area contributed by atoms with Gasteiger partial charge in [0.2, 0.25) is 5.88 Å². The quantitative estimate of drug-likeness (QED) is 0.698. The fourth-order valence-electron chi connectivity index (χ4n) is 2.67. The van der Waals surface area contributed by atoms with Crippen molar-refractivity contribution in [2.75, 3.05) is 19.0 Å². The summed E-state index contributed by atoms with van der Waals surface area (Å²) < 4.78 is 35.3. The molecule has 1 aliphatic carbocycles. The number of nitrogens with zero attached hydrogens (tertiary/aromatic N) is 1. The molecule has 1 saturated carbocycles. The minimum absolute atomic E-state index is 0.0472. The largest absolute Gasteiger partial charge is 0.392 e. The topological polar surface area (TPSA) is 119 Å². The standard InChI is InChI=1S/C16H22N2O6S/c1-10(9-19)14-8-15(24-18-14)17-16(20)11(2)25(21,22)13-6-4-12(23-3)5-7-13/h8,12-13,19H,1-2,4-7,9H2,3H3,(H,17,20)/t12-,13+. The summed E-state index contributed by atoms with van der Waals surface area (Å²) in [6.45, 7) is 6.71. The second kappa shape index (κ2) is 7.94. The van der Waals surface area contributed by atoms with Crippen LogP contribution in [-0.2, 0) is 19.4 Å². The number of hydrogen-bond donors (Lipinski definition) is 2. The number of nitrogens with one attached hydrogen (secondary N) is 1. The Labute approximate surface area is 146 Å². The Balaban J connectivity index is 2.02. The Hall–Kier alpha value is -1.97. The Morgan fingerprint density at radius 1 is 1.40 bits per heavy atom. The SMILES string of the molecule is C=C(CO)c1cc(NC(=O)C(=C)S(=O)(=O)[C@H]2CC[C@@H](OC)CC2)on1. The first-order valence-corrected chi connectivity index (χ1v) is 9.37. The van der Waals surface area contributed by atoms with Crippen molar-refractivity contribution in [3.05, 3.63) is 29.8 Å². The lowest BCUT2D eigenvalue weighted by Gasteiger charge is -2.27. The van der Waals surface area contributed by atoms with Crippen LogP contribution in [0, 0.1) is 0 Å². The van der Waals surface area contributed by atoms with Crippen LogP contribution in [0.3, 0.4) is 0 Å². The second-order valence-corrected chi connectivity index (χ2v) is 8.14. The first-order valence-electron chi connectivity index (χ1n) is 7.82. The molecule has 0 bridgehead atoms. The average molecular weight is 370 g/mol. The van der Waals surface area contributed by atoms with E-state index in [1.54, 1.807) is 7.11 Å². The molecule has 0 saturated heterocycles.